The third-order valence-corrected chi connectivity index (χ3v) is 13.8. The molecule has 0 saturated carbocycles. The van der Waals surface area contributed by atoms with Gasteiger partial charge in [-0.15, -0.1) is 0 Å². The molecule has 0 saturated heterocycles. The maximum absolute atomic E-state index is 7.38. The second kappa shape index (κ2) is 14.4. The molecule has 2 aromatic heterocycles. The summed E-state index contributed by atoms with van der Waals surface area (Å²) >= 11 is 0. The van der Waals surface area contributed by atoms with Crippen LogP contribution in [-0.2, 0) is 5.41 Å². The SMILES string of the molecule is [C-]#[N+]c1ccc(-c2cccc(-n3c4ccccc4c4cc(-c5ccc6c(c5)c5ccccc5n6-c5ccc6c(c5)-c5ccccc5C6(c5ccccc5)c5ccccc5)ccc43)c2)cc1. The van der Waals surface area contributed by atoms with E-state index in [1.54, 1.807) is 0 Å². The molecule has 0 radical (unpaired) electrons. The van der Waals surface area contributed by atoms with Crippen molar-refractivity contribution in [2.75, 3.05) is 0 Å². The third-order valence-electron chi connectivity index (χ3n) is 13.8. The van der Waals surface area contributed by atoms with Crippen LogP contribution in [0.15, 0.2) is 237 Å². The molecule has 12 aromatic rings. The van der Waals surface area contributed by atoms with Crippen LogP contribution in [0.1, 0.15) is 22.3 Å². The quantitative estimate of drug-likeness (QED) is 0.148. The molecule has 0 fully saturated rings. The Morgan fingerprint density at radius 3 is 1.43 bits per heavy atom. The second-order valence-corrected chi connectivity index (χ2v) is 17.1. The number of rotatable bonds is 6. The second-order valence-electron chi connectivity index (χ2n) is 17.1. The van der Waals surface area contributed by atoms with Crippen molar-refractivity contribution in [1.29, 1.82) is 0 Å². The van der Waals surface area contributed by atoms with Gasteiger partial charge in [0.1, 0.15) is 0 Å². The molecule has 0 bridgehead atoms. The summed E-state index contributed by atoms with van der Waals surface area (Å²) in [5.41, 5.74) is 19.4. The van der Waals surface area contributed by atoms with Crippen molar-refractivity contribution in [1.82, 2.24) is 9.13 Å². The predicted molar refractivity (Wildman–Crippen MR) is 270 cm³/mol. The lowest BCUT2D eigenvalue weighted by Crippen LogP contribution is -2.28. The van der Waals surface area contributed by atoms with Crippen LogP contribution in [0.25, 0.3) is 93.2 Å². The lowest BCUT2D eigenvalue weighted by Gasteiger charge is -2.33. The number of para-hydroxylation sites is 2. The molecule has 3 nitrogen and oxygen atoms in total. The smallest absolute Gasteiger partial charge is 0.187 e. The molecule has 1 aliphatic carbocycles. The van der Waals surface area contributed by atoms with Gasteiger partial charge in [0.15, 0.2) is 5.69 Å². The van der Waals surface area contributed by atoms with Gasteiger partial charge in [-0.3, -0.25) is 0 Å². The molecule has 0 aliphatic heterocycles. The van der Waals surface area contributed by atoms with Crippen LogP contribution in [0, 0.1) is 6.57 Å². The highest BCUT2D eigenvalue weighted by Crippen LogP contribution is 2.56. The topological polar surface area (TPSA) is 14.2 Å². The van der Waals surface area contributed by atoms with Crippen molar-refractivity contribution < 1.29 is 0 Å². The zero-order valence-corrected chi connectivity index (χ0v) is 35.4. The average molecular weight is 826 g/mol. The minimum absolute atomic E-state index is 0.437. The van der Waals surface area contributed by atoms with E-state index in [9.17, 15) is 0 Å². The van der Waals surface area contributed by atoms with Gasteiger partial charge >= 0.3 is 0 Å². The maximum Gasteiger partial charge on any atom is 0.187 e. The van der Waals surface area contributed by atoms with E-state index in [0.29, 0.717) is 5.69 Å². The first-order chi connectivity index (χ1) is 32.2. The third kappa shape index (κ3) is 5.48. The molecule has 10 aromatic carbocycles. The van der Waals surface area contributed by atoms with Crippen molar-refractivity contribution in [2.24, 2.45) is 0 Å². The Kier molecular flexibility index (Phi) is 8.19. The molecule has 13 rings (SSSR count). The summed E-state index contributed by atoms with van der Waals surface area (Å²) in [4.78, 5) is 3.58. The normalized spacial score (nSPS) is 12.7. The fourth-order valence-corrected chi connectivity index (χ4v) is 11.0. The largest absolute Gasteiger partial charge is 0.309 e. The molecule has 0 atom stereocenters. The standard InChI is InChI=1S/C62H39N3/c1-63-47-31-27-41(28-32-47)42-15-14-20-48(37-42)64-58-25-12-9-22-51(58)54-38-43(29-35-60(54)64)44-30-36-61-55(39-44)52-23-10-13-26-59(52)65(61)49-33-34-57-53(40-49)50-21-8-11-24-56(50)62(57,45-16-4-2-5-17-45)46-18-6-3-7-19-46/h2-40H. The van der Waals surface area contributed by atoms with Gasteiger partial charge in [-0.25, -0.2) is 4.85 Å². The molecule has 1 aliphatic rings. The highest BCUT2D eigenvalue weighted by molar-refractivity contribution is 6.13. The van der Waals surface area contributed by atoms with E-state index in [-0.39, 0.29) is 0 Å². The van der Waals surface area contributed by atoms with Gasteiger partial charge in [0.25, 0.3) is 0 Å². The Balaban J connectivity index is 0.949. The van der Waals surface area contributed by atoms with Crippen molar-refractivity contribution in [2.45, 2.75) is 5.41 Å². The van der Waals surface area contributed by atoms with E-state index in [2.05, 4.69) is 226 Å². The Morgan fingerprint density at radius 2 is 0.815 bits per heavy atom. The maximum atomic E-state index is 7.38. The van der Waals surface area contributed by atoms with Crippen LogP contribution in [0.4, 0.5) is 5.69 Å². The summed E-state index contributed by atoms with van der Waals surface area (Å²) in [6, 6.07) is 86.1. The lowest BCUT2D eigenvalue weighted by atomic mass is 9.68. The summed E-state index contributed by atoms with van der Waals surface area (Å²) in [7, 11) is 0. The molecule has 302 valence electrons. The van der Waals surface area contributed by atoms with E-state index in [4.69, 9.17) is 6.57 Å². The van der Waals surface area contributed by atoms with Gasteiger partial charge in [0.05, 0.1) is 34.1 Å². The van der Waals surface area contributed by atoms with Crippen LogP contribution in [0.5, 0.6) is 0 Å². The summed E-state index contributed by atoms with van der Waals surface area (Å²) in [6.45, 7) is 7.38. The summed E-state index contributed by atoms with van der Waals surface area (Å²) in [5, 5.41) is 4.89. The number of aromatic nitrogens is 2. The zero-order valence-electron chi connectivity index (χ0n) is 35.4. The van der Waals surface area contributed by atoms with Crippen molar-refractivity contribution in [3.63, 3.8) is 0 Å². The minimum atomic E-state index is -0.437. The zero-order chi connectivity index (χ0) is 43.1. The van der Waals surface area contributed by atoms with Gasteiger partial charge in [-0.05, 0) is 116 Å². The monoisotopic (exact) mass is 825 g/mol. The fraction of sp³-hybridized carbons (Fsp3) is 0.0161. The van der Waals surface area contributed by atoms with E-state index in [0.717, 1.165) is 28.0 Å². The molecule has 0 N–H and O–H groups in total. The van der Waals surface area contributed by atoms with E-state index in [1.807, 2.05) is 24.3 Å². The first-order valence-electron chi connectivity index (χ1n) is 22.2. The Hall–Kier alpha value is -8.71. The first-order valence-corrected chi connectivity index (χ1v) is 22.2. The molecule has 3 heteroatoms. The van der Waals surface area contributed by atoms with Crippen molar-refractivity contribution in [3.8, 4) is 44.8 Å². The van der Waals surface area contributed by atoms with Crippen LogP contribution in [-0.4, -0.2) is 9.13 Å². The van der Waals surface area contributed by atoms with Crippen LogP contribution in [0.2, 0.25) is 0 Å². The van der Waals surface area contributed by atoms with Gasteiger partial charge in [-0.2, -0.15) is 0 Å². The fourth-order valence-electron chi connectivity index (χ4n) is 11.0. The van der Waals surface area contributed by atoms with Gasteiger partial charge < -0.3 is 9.13 Å². The van der Waals surface area contributed by atoms with Gasteiger partial charge in [0, 0.05) is 32.9 Å². The molecule has 0 amide bonds. The number of fused-ring (bicyclic) bond motifs is 9. The molecule has 0 unspecified atom stereocenters. The number of nitrogens with zero attached hydrogens (tertiary/aromatic N) is 3. The predicted octanol–water partition coefficient (Wildman–Crippen LogP) is 16.1. The summed E-state index contributed by atoms with van der Waals surface area (Å²) in [5.74, 6) is 0. The molecule has 2 heterocycles. The average Bonchev–Trinajstić information content (AvgIpc) is 4.00. The highest BCUT2D eigenvalue weighted by Gasteiger charge is 2.46. The Labute approximate surface area is 377 Å². The lowest BCUT2D eigenvalue weighted by molar-refractivity contribution is 0.768. The van der Waals surface area contributed by atoms with E-state index < -0.39 is 5.41 Å². The number of benzene rings is 10. The minimum Gasteiger partial charge on any atom is -0.309 e. The van der Waals surface area contributed by atoms with Crippen LogP contribution >= 0.6 is 0 Å². The van der Waals surface area contributed by atoms with Crippen molar-refractivity contribution in [3.05, 3.63) is 270 Å². The van der Waals surface area contributed by atoms with E-state index in [1.165, 1.54) is 82.6 Å². The molecule has 65 heavy (non-hydrogen) atoms. The number of hydrogen-bond acceptors (Lipinski definition) is 0. The summed E-state index contributed by atoms with van der Waals surface area (Å²) < 4.78 is 4.83. The molecular weight excluding hydrogens is 787 g/mol. The van der Waals surface area contributed by atoms with Gasteiger partial charge in [0.2, 0.25) is 0 Å². The Bertz CT molecular complexity index is 3840. The molecule has 0 spiro atoms. The van der Waals surface area contributed by atoms with Crippen LogP contribution < -0.4 is 0 Å². The van der Waals surface area contributed by atoms with Crippen molar-refractivity contribution >= 4 is 49.3 Å². The van der Waals surface area contributed by atoms with Gasteiger partial charge in [-0.1, -0.05) is 176 Å². The molecular formula is C62H39N3. The van der Waals surface area contributed by atoms with E-state index >= 15 is 0 Å². The Morgan fingerprint density at radius 1 is 0.323 bits per heavy atom. The van der Waals surface area contributed by atoms with Crippen LogP contribution in [0.3, 0.4) is 0 Å². The number of hydrogen-bond donors (Lipinski definition) is 0. The highest BCUT2D eigenvalue weighted by atomic mass is 15.0. The summed E-state index contributed by atoms with van der Waals surface area (Å²) in [6.07, 6.45) is 0. The first kappa shape index (κ1) is 36.9.